The van der Waals surface area contributed by atoms with Crippen molar-refractivity contribution < 1.29 is 13.2 Å². The van der Waals surface area contributed by atoms with E-state index in [4.69, 9.17) is 11.5 Å². The Labute approximate surface area is 106 Å². The fraction of sp³-hybridized carbons (Fsp3) is 0.538. The molecule has 1 aromatic rings. The van der Waals surface area contributed by atoms with Crippen LogP contribution in [0.5, 0.6) is 0 Å². The van der Waals surface area contributed by atoms with Crippen LogP contribution in [-0.2, 0) is 12.6 Å². The maximum atomic E-state index is 12.3. The zero-order chi connectivity index (χ0) is 14.2. The summed E-state index contributed by atoms with van der Waals surface area (Å²) in [6.45, 7) is 4.49. The predicted octanol–water partition coefficient (Wildman–Crippen LogP) is 2.95. The van der Waals surface area contributed by atoms with Gasteiger partial charge in [-0.3, -0.25) is 0 Å². The zero-order valence-corrected chi connectivity index (χ0v) is 10.8. The molecule has 0 radical (unpaired) electrons. The van der Waals surface area contributed by atoms with Crippen molar-refractivity contribution in [3.05, 3.63) is 35.4 Å². The molecule has 1 unspecified atom stereocenters. The molecule has 0 heterocycles. The van der Waals surface area contributed by atoms with Gasteiger partial charge in [-0.25, -0.2) is 0 Å². The largest absolute Gasteiger partial charge is 0.416 e. The zero-order valence-electron chi connectivity index (χ0n) is 10.8. The molecule has 1 rings (SSSR count). The maximum absolute atomic E-state index is 12.3. The Morgan fingerprint density at radius 3 is 2.00 bits per heavy atom. The van der Waals surface area contributed by atoms with E-state index in [0.717, 1.165) is 17.7 Å². The minimum absolute atomic E-state index is 0.0956. The smallest absolute Gasteiger partial charge is 0.330 e. The normalized spacial score (nSPS) is 12.6. The molecule has 0 spiro atoms. The lowest BCUT2D eigenvalue weighted by molar-refractivity contribution is -0.137. The molecule has 0 aliphatic carbocycles. The third kappa shape index (κ3) is 6.02. The number of hydrogen-bond acceptors (Lipinski definition) is 2. The first-order chi connectivity index (χ1) is 8.43. The molecule has 0 aromatic heterocycles. The average Bonchev–Trinajstić information content (AvgIpc) is 2.31. The van der Waals surface area contributed by atoms with Gasteiger partial charge in [0.05, 0.1) is 5.56 Å². The highest BCUT2D eigenvalue weighted by Gasteiger charge is 2.29. The van der Waals surface area contributed by atoms with Gasteiger partial charge in [-0.1, -0.05) is 26.0 Å². The van der Waals surface area contributed by atoms with E-state index in [9.17, 15) is 13.2 Å². The van der Waals surface area contributed by atoms with Crippen molar-refractivity contribution in [1.82, 2.24) is 0 Å². The highest BCUT2D eigenvalue weighted by molar-refractivity contribution is 5.25. The molecule has 104 valence electrons. The van der Waals surface area contributed by atoms with Crippen molar-refractivity contribution in [2.24, 2.45) is 11.5 Å². The first kappa shape index (κ1) is 16.9. The number of alkyl halides is 3. The summed E-state index contributed by atoms with van der Waals surface area (Å²) in [5, 5.41) is 0. The molecule has 0 aliphatic rings. The van der Waals surface area contributed by atoms with E-state index in [1.54, 1.807) is 0 Å². The highest BCUT2D eigenvalue weighted by atomic mass is 19.4. The Morgan fingerprint density at radius 1 is 1.11 bits per heavy atom. The Morgan fingerprint density at radius 2 is 1.61 bits per heavy atom. The van der Waals surface area contributed by atoms with Crippen molar-refractivity contribution in [3.63, 3.8) is 0 Å². The van der Waals surface area contributed by atoms with E-state index in [2.05, 4.69) is 0 Å². The second-order valence-corrected chi connectivity index (χ2v) is 3.74. The van der Waals surface area contributed by atoms with Crippen molar-refractivity contribution in [2.45, 2.75) is 38.9 Å². The summed E-state index contributed by atoms with van der Waals surface area (Å²) in [5.74, 6) is 0. The average molecular weight is 262 g/mol. The summed E-state index contributed by atoms with van der Waals surface area (Å²) in [4.78, 5) is 0. The van der Waals surface area contributed by atoms with Crippen LogP contribution in [0.15, 0.2) is 24.3 Å². The van der Waals surface area contributed by atoms with Crippen LogP contribution in [0.4, 0.5) is 13.2 Å². The monoisotopic (exact) mass is 262 g/mol. The van der Waals surface area contributed by atoms with Crippen molar-refractivity contribution in [3.8, 4) is 0 Å². The van der Waals surface area contributed by atoms with E-state index in [0.29, 0.717) is 19.4 Å². The second kappa shape index (κ2) is 8.11. The summed E-state index contributed by atoms with van der Waals surface area (Å²) in [7, 11) is 0. The van der Waals surface area contributed by atoms with Gasteiger partial charge in [0, 0.05) is 6.04 Å². The van der Waals surface area contributed by atoms with E-state index in [-0.39, 0.29) is 6.04 Å². The molecule has 5 heteroatoms. The summed E-state index contributed by atoms with van der Waals surface area (Å²) < 4.78 is 36.8. The lowest BCUT2D eigenvalue weighted by atomic mass is 10.0. The number of hydrogen-bond donors (Lipinski definition) is 2. The fourth-order valence-electron chi connectivity index (χ4n) is 1.45. The highest BCUT2D eigenvalue weighted by Crippen LogP contribution is 2.29. The van der Waals surface area contributed by atoms with Gasteiger partial charge in [-0.2, -0.15) is 13.2 Å². The maximum Gasteiger partial charge on any atom is 0.416 e. The lowest BCUT2D eigenvalue weighted by Gasteiger charge is -2.11. The predicted molar refractivity (Wildman–Crippen MR) is 68.1 cm³/mol. The molecule has 2 nitrogen and oxygen atoms in total. The Kier molecular flexibility index (Phi) is 7.62. The summed E-state index contributed by atoms with van der Waals surface area (Å²) in [5.41, 5.74) is 11.2. The van der Waals surface area contributed by atoms with Crippen LogP contribution in [0.1, 0.15) is 31.4 Å². The number of rotatable bonds is 4. The molecule has 1 aromatic carbocycles. The van der Waals surface area contributed by atoms with Crippen molar-refractivity contribution in [2.75, 3.05) is 6.54 Å². The van der Waals surface area contributed by atoms with Crippen LogP contribution >= 0.6 is 0 Å². The van der Waals surface area contributed by atoms with Gasteiger partial charge in [-0.15, -0.1) is 0 Å². The minimum Gasteiger partial charge on any atom is -0.330 e. The molecule has 0 saturated carbocycles. The SMILES string of the molecule is CC.NCCC(N)Cc1ccc(C(F)(F)F)cc1. The van der Waals surface area contributed by atoms with E-state index < -0.39 is 11.7 Å². The van der Waals surface area contributed by atoms with Gasteiger partial charge < -0.3 is 11.5 Å². The molecule has 4 N–H and O–H groups in total. The van der Waals surface area contributed by atoms with Crippen LogP contribution in [0.3, 0.4) is 0 Å². The Hall–Kier alpha value is -1.07. The molecule has 1 atom stereocenters. The molecule has 0 aliphatic heterocycles. The first-order valence-electron chi connectivity index (χ1n) is 6.05. The molecular weight excluding hydrogens is 241 g/mol. The molecule has 0 bridgehead atoms. The van der Waals surface area contributed by atoms with Gasteiger partial charge in [0.1, 0.15) is 0 Å². The van der Waals surface area contributed by atoms with Crippen LogP contribution in [0.25, 0.3) is 0 Å². The summed E-state index contributed by atoms with van der Waals surface area (Å²) in [6.07, 6.45) is -3.06. The van der Waals surface area contributed by atoms with Gasteiger partial charge in [-0.05, 0) is 37.1 Å². The van der Waals surface area contributed by atoms with Crippen LogP contribution in [0, 0.1) is 0 Å². The molecule has 0 amide bonds. The van der Waals surface area contributed by atoms with Crippen molar-refractivity contribution in [1.29, 1.82) is 0 Å². The first-order valence-corrected chi connectivity index (χ1v) is 6.05. The number of benzene rings is 1. The summed E-state index contributed by atoms with van der Waals surface area (Å²) >= 11 is 0. The summed E-state index contributed by atoms with van der Waals surface area (Å²) in [6, 6.07) is 4.97. The molecule has 0 fully saturated rings. The second-order valence-electron chi connectivity index (χ2n) is 3.74. The number of nitrogens with two attached hydrogens (primary N) is 2. The Balaban J connectivity index is 0.00000137. The molecule has 0 saturated heterocycles. The standard InChI is InChI=1S/C11H15F3N2.C2H6/c12-11(13,14)9-3-1-8(2-4-9)7-10(16)5-6-15;1-2/h1-4,10H,5-7,15-16H2;1-2H3. The minimum atomic E-state index is -4.28. The van der Waals surface area contributed by atoms with Crippen LogP contribution in [0.2, 0.25) is 0 Å². The van der Waals surface area contributed by atoms with Gasteiger partial charge >= 0.3 is 6.18 Å². The molecular formula is C13H21F3N2. The van der Waals surface area contributed by atoms with Gasteiger partial charge in [0.15, 0.2) is 0 Å². The fourth-order valence-corrected chi connectivity index (χ4v) is 1.45. The third-order valence-electron chi connectivity index (χ3n) is 2.32. The van der Waals surface area contributed by atoms with E-state index in [1.807, 2.05) is 13.8 Å². The van der Waals surface area contributed by atoms with E-state index >= 15 is 0 Å². The van der Waals surface area contributed by atoms with Crippen LogP contribution < -0.4 is 11.5 Å². The van der Waals surface area contributed by atoms with Crippen LogP contribution in [-0.4, -0.2) is 12.6 Å². The third-order valence-corrected chi connectivity index (χ3v) is 2.32. The van der Waals surface area contributed by atoms with Gasteiger partial charge in [0.2, 0.25) is 0 Å². The van der Waals surface area contributed by atoms with Gasteiger partial charge in [0.25, 0.3) is 0 Å². The number of halogens is 3. The molecule has 18 heavy (non-hydrogen) atoms. The Bertz CT molecular complexity index is 320. The topological polar surface area (TPSA) is 52.0 Å². The quantitative estimate of drug-likeness (QED) is 0.876. The van der Waals surface area contributed by atoms with E-state index in [1.165, 1.54) is 12.1 Å². The lowest BCUT2D eigenvalue weighted by Crippen LogP contribution is -2.26. The van der Waals surface area contributed by atoms with Crippen molar-refractivity contribution >= 4 is 0 Å².